The van der Waals surface area contributed by atoms with Crippen LogP contribution in [0.15, 0.2) is 16.4 Å². The Labute approximate surface area is 201 Å². The second-order valence-corrected chi connectivity index (χ2v) is 8.39. The van der Waals surface area contributed by atoms with Crippen molar-refractivity contribution in [2.24, 2.45) is 0 Å². The van der Waals surface area contributed by atoms with E-state index in [1.807, 2.05) is 0 Å². The summed E-state index contributed by atoms with van der Waals surface area (Å²) in [5.41, 5.74) is 0.298. The molecule has 0 radical (unpaired) electrons. The number of carboxylic acids is 1. The summed E-state index contributed by atoms with van der Waals surface area (Å²) in [6.07, 6.45) is 0.293. The minimum atomic E-state index is -4.57. The molecule has 2 aliphatic rings. The smallest absolute Gasteiger partial charge is 0.747 e. The van der Waals surface area contributed by atoms with Crippen LogP contribution in [0.4, 0.5) is 0 Å². The summed E-state index contributed by atoms with van der Waals surface area (Å²) in [5, 5.41) is 21.6. The van der Waals surface area contributed by atoms with E-state index < -0.39 is 22.0 Å². The fourth-order valence-electron chi connectivity index (χ4n) is 2.26. The molecular weight excluding hydrogens is 428 g/mol. The molecule has 130 valence electrons. The zero-order valence-electron chi connectivity index (χ0n) is 13.8. The Morgan fingerprint density at radius 1 is 1.38 bits per heavy atom. The average Bonchev–Trinajstić information content (AvgIpc) is 2.89. The van der Waals surface area contributed by atoms with Crippen molar-refractivity contribution >= 4 is 45.5 Å². The molecule has 1 fully saturated rings. The van der Waals surface area contributed by atoms with Crippen molar-refractivity contribution in [3.63, 3.8) is 0 Å². The van der Waals surface area contributed by atoms with Crippen molar-refractivity contribution in [1.29, 1.82) is 0 Å². The quantitative estimate of drug-likeness (QED) is 0.180. The molecule has 2 aliphatic heterocycles. The Bertz CT molecular complexity index is 844. The van der Waals surface area contributed by atoms with Crippen molar-refractivity contribution in [1.82, 2.24) is 25.1 Å². The number of thioether (sulfide) groups is 2. The number of aromatic nitrogens is 4. The average molecular weight is 437 g/mol. The van der Waals surface area contributed by atoms with Gasteiger partial charge in [0.25, 0.3) is 0 Å². The van der Waals surface area contributed by atoms with Gasteiger partial charge in [0, 0.05) is 11.5 Å². The third kappa shape index (κ3) is 5.46. The number of carbonyl (C=O) groups is 2. The van der Waals surface area contributed by atoms with Crippen molar-refractivity contribution in [2.45, 2.75) is 22.8 Å². The number of β-lactam (4-membered cyclic amide) rings is 1. The van der Waals surface area contributed by atoms with Gasteiger partial charge in [-0.2, -0.15) is 0 Å². The first-order valence-corrected chi connectivity index (χ1v) is 10.1. The summed E-state index contributed by atoms with van der Waals surface area (Å²) in [6, 6.07) is 0. The molecule has 11 nitrogen and oxygen atoms in total. The summed E-state index contributed by atoms with van der Waals surface area (Å²) in [6.45, 7) is 0. The van der Waals surface area contributed by atoms with Gasteiger partial charge in [-0.25, -0.2) is 13.1 Å². The number of fused-ring (bicyclic) bond motifs is 1. The van der Waals surface area contributed by atoms with E-state index in [2.05, 4.69) is 15.5 Å². The number of hydrogen-bond donors (Lipinski definition) is 0. The van der Waals surface area contributed by atoms with Crippen LogP contribution >= 0.6 is 23.5 Å². The van der Waals surface area contributed by atoms with E-state index in [4.69, 9.17) is 0 Å². The van der Waals surface area contributed by atoms with Crippen molar-refractivity contribution in [3.8, 4) is 0 Å². The van der Waals surface area contributed by atoms with E-state index in [0.29, 0.717) is 17.7 Å². The maximum atomic E-state index is 11.6. The van der Waals surface area contributed by atoms with Gasteiger partial charge in [-0.1, -0.05) is 11.8 Å². The first-order chi connectivity index (χ1) is 11.3. The van der Waals surface area contributed by atoms with Crippen LogP contribution < -0.4 is 64.2 Å². The molecule has 1 aromatic rings. The second-order valence-electron chi connectivity index (χ2n) is 4.91. The first-order valence-electron chi connectivity index (χ1n) is 6.46. The molecule has 1 atom stereocenters. The molecule has 0 spiro atoms. The molecule has 0 unspecified atom stereocenters. The Hall–Kier alpha value is 0.360. The molecule has 1 aromatic heterocycles. The molecule has 26 heavy (non-hydrogen) atoms. The third-order valence-corrected chi connectivity index (χ3v) is 6.16. The van der Waals surface area contributed by atoms with Crippen LogP contribution in [0.1, 0.15) is 6.42 Å². The van der Waals surface area contributed by atoms with Gasteiger partial charge in [-0.05, 0) is 16.0 Å². The van der Waals surface area contributed by atoms with E-state index in [1.165, 1.54) is 16.7 Å². The SMILES string of the molecule is O=C([O-])C1=C(CSc2nnnn2CS(=O)(=O)[O-])CS[C@@H]2CC(=O)N12.[Na+].[Na+]. The zero-order chi connectivity index (χ0) is 17.5. The summed E-state index contributed by atoms with van der Waals surface area (Å²) < 4.78 is 33.2. The van der Waals surface area contributed by atoms with E-state index in [9.17, 15) is 27.7 Å². The van der Waals surface area contributed by atoms with Gasteiger partial charge in [0.05, 0.1) is 23.5 Å². The van der Waals surface area contributed by atoms with Gasteiger partial charge in [0.2, 0.25) is 11.1 Å². The van der Waals surface area contributed by atoms with Gasteiger partial charge in [0.1, 0.15) is 16.0 Å². The molecule has 0 saturated carbocycles. The minimum Gasteiger partial charge on any atom is -0.747 e. The molecule has 3 heterocycles. The predicted molar refractivity (Wildman–Crippen MR) is 78.0 cm³/mol. The maximum Gasteiger partial charge on any atom is 1.00 e. The van der Waals surface area contributed by atoms with Gasteiger partial charge < -0.3 is 14.5 Å². The molecule has 3 rings (SSSR count). The Balaban J connectivity index is 0.00000169. The zero-order valence-corrected chi connectivity index (χ0v) is 20.3. The van der Waals surface area contributed by atoms with Crippen molar-refractivity contribution in [2.75, 3.05) is 11.5 Å². The van der Waals surface area contributed by atoms with E-state index in [1.54, 1.807) is 0 Å². The number of nitrogens with zero attached hydrogens (tertiary/aromatic N) is 5. The van der Waals surface area contributed by atoms with Crippen LogP contribution in [-0.4, -0.2) is 66.8 Å². The Kier molecular flexibility index (Phi) is 9.12. The number of tetrazole rings is 1. The number of hydrogen-bond acceptors (Lipinski definition) is 11. The molecular formula is C10H9N5Na2O6S3. The van der Waals surface area contributed by atoms with Crippen molar-refractivity contribution < 1.29 is 86.8 Å². The van der Waals surface area contributed by atoms with Crippen LogP contribution in [0.3, 0.4) is 0 Å². The number of amides is 1. The monoisotopic (exact) mass is 437 g/mol. The fourth-order valence-corrected chi connectivity index (χ4v) is 5.10. The summed E-state index contributed by atoms with van der Waals surface area (Å²) in [4.78, 5) is 24.2. The Morgan fingerprint density at radius 3 is 2.65 bits per heavy atom. The standard InChI is InChI=1S/C10H11N5O6S3.2Na/c16-6-1-7-15(6)8(9(17)18)5(2-22-7)3-23-10-11-12-13-14(10)4-24(19,20)21;;/h7H,1-4H2,(H,17,18)(H,19,20,21);;/q;2*+1/p-2/t7-;;/m1../s1. The van der Waals surface area contributed by atoms with Gasteiger partial charge in [0.15, 0.2) is 0 Å². The Morgan fingerprint density at radius 2 is 2.08 bits per heavy atom. The third-order valence-electron chi connectivity index (χ3n) is 3.28. The molecule has 0 aromatic carbocycles. The molecule has 0 N–H and O–H groups in total. The van der Waals surface area contributed by atoms with Gasteiger partial charge in [-0.3, -0.25) is 9.69 Å². The molecule has 0 aliphatic carbocycles. The fraction of sp³-hybridized carbons (Fsp3) is 0.500. The first kappa shape index (κ1) is 24.4. The molecule has 1 saturated heterocycles. The van der Waals surface area contributed by atoms with E-state index in [0.717, 1.165) is 16.4 Å². The normalized spacial score (nSPS) is 19.2. The van der Waals surface area contributed by atoms with Gasteiger partial charge >= 0.3 is 59.1 Å². The largest absolute Gasteiger partial charge is 1.00 e. The van der Waals surface area contributed by atoms with Crippen LogP contribution in [0.2, 0.25) is 0 Å². The van der Waals surface area contributed by atoms with E-state index >= 15 is 0 Å². The molecule has 16 heteroatoms. The topological polar surface area (TPSA) is 161 Å². The maximum absolute atomic E-state index is 11.6. The number of carbonyl (C=O) groups excluding carboxylic acids is 2. The number of rotatable bonds is 6. The summed E-state index contributed by atoms with van der Waals surface area (Å²) in [7, 11) is -4.57. The summed E-state index contributed by atoms with van der Waals surface area (Å²) in [5.74, 6) is -2.13. The second kappa shape index (κ2) is 9.71. The van der Waals surface area contributed by atoms with Crippen LogP contribution in [0.5, 0.6) is 0 Å². The molecule has 0 bridgehead atoms. The predicted octanol–water partition coefficient (Wildman–Crippen LogP) is -8.41. The van der Waals surface area contributed by atoms with Crippen molar-refractivity contribution in [3.05, 3.63) is 11.3 Å². The number of carboxylic acid groups (broad SMARTS) is 1. The minimum absolute atomic E-state index is 0. The number of aliphatic carboxylic acids is 1. The molecule has 1 amide bonds. The van der Waals surface area contributed by atoms with Gasteiger partial charge in [-0.15, -0.1) is 16.9 Å². The van der Waals surface area contributed by atoms with E-state index in [-0.39, 0.29) is 87.0 Å². The van der Waals surface area contributed by atoms with Crippen LogP contribution in [-0.2, 0) is 25.6 Å². The van der Waals surface area contributed by atoms with Crippen LogP contribution in [0, 0.1) is 0 Å². The summed E-state index contributed by atoms with van der Waals surface area (Å²) >= 11 is 2.41. The van der Waals surface area contributed by atoms with Crippen LogP contribution in [0.25, 0.3) is 0 Å².